The molecule has 0 saturated carbocycles. The summed E-state index contributed by atoms with van der Waals surface area (Å²) in [6.45, 7) is 0. The van der Waals surface area contributed by atoms with E-state index in [0.717, 1.165) is 6.07 Å². The lowest BCUT2D eigenvalue weighted by molar-refractivity contribution is 0.466. The number of nitrogens with zero attached hydrogens (tertiary/aromatic N) is 1. The lowest BCUT2D eigenvalue weighted by Gasteiger charge is -2.17. The standard InChI is InChI=1S/C6H6ClNO6S2/c7-5-3-1-2-4-6(5)8(15(9,10)11)16(12,13)14/h1-4H,(H,9,10,11)(H,12,13,14). The molecule has 0 fully saturated rings. The van der Waals surface area contributed by atoms with E-state index in [1.165, 1.54) is 18.2 Å². The number of rotatable bonds is 3. The monoisotopic (exact) mass is 287 g/mol. The summed E-state index contributed by atoms with van der Waals surface area (Å²) in [4.78, 5) is 0. The molecule has 0 heterocycles. The summed E-state index contributed by atoms with van der Waals surface area (Å²) >= 11 is 5.54. The number of hydrogen-bond acceptors (Lipinski definition) is 4. The molecule has 1 aromatic rings. The van der Waals surface area contributed by atoms with Crippen molar-refractivity contribution < 1.29 is 25.9 Å². The summed E-state index contributed by atoms with van der Waals surface area (Å²) in [6.07, 6.45) is 0. The van der Waals surface area contributed by atoms with Crippen molar-refractivity contribution >= 4 is 37.9 Å². The van der Waals surface area contributed by atoms with Crippen LogP contribution in [0.2, 0.25) is 5.02 Å². The summed E-state index contributed by atoms with van der Waals surface area (Å²) in [5, 5.41) is -0.266. The first-order valence-electron chi connectivity index (χ1n) is 3.64. The second kappa shape index (κ2) is 4.18. The Morgan fingerprint density at radius 1 is 1.00 bits per heavy atom. The molecular formula is C6H6ClNO6S2. The molecule has 0 aliphatic carbocycles. The topological polar surface area (TPSA) is 112 Å². The highest BCUT2D eigenvalue weighted by molar-refractivity contribution is 8.05. The van der Waals surface area contributed by atoms with Gasteiger partial charge in [-0.05, 0) is 12.1 Å². The minimum absolute atomic E-state index is 0.266. The van der Waals surface area contributed by atoms with Crippen LogP contribution in [-0.4, -0.2) is 25.9 Å². The van der Waals surface area contributed by atoms with Crippen LogP contribution >= 0.6 is 11.6 Å². The molecular weight excluding hydrogens is 282 g/mol. The van der Waals surface area contributed by atoms with Gasteiger partial charge in [0.25, 0.3) is 0 Å². The van der Waals surface area contributed by atoms with Crippen LogP contribution in [0.5, 0.6) is 0 Å². The van der Waals surface area contributed by atoms with Gasteiger partial charge >= 0.3 is 20.6 Å². The van der Waals surface area contributed by atoms with Crippen molar-refractivity contribution in [2.75, 3.05) is 3.71 Å². The van der Waals surface area contributed by atoms with Crippen molar-refractivity contribution in [3.63, 3.8) is 0 Å². The van der Waals surface area contributed by atoms with Crippen LogP contribution < -0.4 is 3.71 Å². The average Bonchev–Trinajstić information content (AvgIpc) is 2.03. The van der Waals surface area contributed by atoms with E-state index in [4.69, 9.17) is 20.7 Å². The predicted molar refractivity (Wildman–Crippen MR) is 57.0 cm³/mol. The van der Waals surface area contributed by atoms with Gasteiger partial charge in [0, 0.05) is 0 Å². The first-order chi connectivity index (χ1) is 7.14. The highest BCUT2D eigenvalue weighted by Gasteiger charge is 2.32. The summed E-state index contributed by atoms with van der Waals surface area (Å²) in [5.74, 6) is 0. The second-order valence-corrected chi connectivity index (χ2v) is 5.76. The van der Waals surface area contributed by atoms with Crippen molar-refractivity contribution in [3.05, 3.63) is 29.3 Å². The first-order valence-corrected chi connectivity index (χ1v) is 6.81. The average molecular weight is 288 g/mol. The maximum absolute atomic E-state index is 10.8. The smallest absolute Gasteiger partial charge is 0.268 e. The van der Waals surface area contributed by atoms with Gasteiger partial charge in [-0.2, -0.15) is 16.8 Å². The van der Waals surface area contributed by atoms with Crippen molar-refractivity contribution in [3.8, 4) is 0 Å². The second-order valence-electron chi connectivity index (χ2n) is 2.60. The molecule has 0 aliphatic heterocycles. The third-order valence-corrected chi connectivity index (χ3v) is 4.15. The van der Waals surface area contributed by atoms with Gasteiger partial charge < -0.3 is 0 Å². The molecule has 0 aromatic heterocycles. The fourth-order valence-corrected chi connectivity index (χ4v) is 3.06. The Morgan fingerprint density at radius 2 is 1.44 bits per heavy atom. The molecule has 0 radical (unpaired) electrons. The molecule has 0 saturated heterocycles. The quantitative estimate of drug-likeness (QED) is 0.793. The molecule has 2 N–H and O–H groups in total. The van der Waals surface area contributed by atoms with E-state index in [1.807, 2.05) is 0 Å². The lowest BCUT2D eigenvalue weighted by Crippen LogP contribution is -2.36. The fraction of sp³-hybridized carbons (Fsp3) is 0. The van der Waals surface area contributed by atoms with Crippen LogP contribution in [0.1, 0.15) is 0 Å². The molecule has 7 nitrogen and oxygen atoms in total. The van der Waals surface area contributed by atoms with Crippen molar-refractivity contribution in [1.29, 1.82) is 0 Å². The zero-order valence-electron chi connectivity index (χ0n) is 7.48. The van der Waals surface area contributed by atoms with Crippen LogP contribution in [0, 0.1) is 0 Å². The highest BCUT2D eigenvalue weighted by atomic mass is 35.5. The van der Waals surface area contributed by atoms with Crippen LogP contribution in [0.15, 0.2) is 24.3 Å². The summed E-state index contributed by atoms with van der Waals surface area (Å²) < 4.78 is 60.1. The Kier molecular flexibility index (Phi) is 3.45. The maximum Gasteiger partial charge on any atom is 0.375 e. The normalized spacial score (nSPS) is 12.4. The minimum Gasteiger partial charge on any atom is -0.268 e. The molecule has 0 spiro atoms. The molecule has 0 atom stereocenters. The van der Waals surface area contributed by atoms with E-state index in [1.54, 1.807) is 0 Å². The SMILES string of the molecule is O=S(=O)(O)N(c1ccccc1Cl)S(=O)(=O)O. The van der Waals surface area contributed by atoms with E-state index in [-0.39, 0.29) is 5.02 Å². The summed E-state index contributed by atoms with van der Waals surface area (Å²) in [5.41, 5.74) is -0.575. The molecule has 1 rings (SSSR count). The van der Waals surface area contributed by atoms with Crippen molar-refractivity contribution in [2.24, 2.45) is 0 Å². The van der Waals surface area contributed by atoms with Gasteiger partial charge in [0.1, 0.15) is 0 Å². The molecule has 0 unspecified atom stereocenters. The number of anilines is 1. The van der Waals surface area contributed by atoms with E-state index < -0.39 is 30.0 Å². The Balaban J connectivity index is 3.54. The molecule has 16 heavy (non-hydrogen) atoms. The van der Waals surface area contributed by atoms with Gasteiger partial charge in [0.2, 0.25) is 0 Å². The van der Waals surface area contributed by atoms with Crippen molar-refractivity contribution in [2.45, 2.75) is 0 Å². The number of benzene rings is 1. The first kappa shape index (κ1) is 13.2. The lowest BCUT2D eigenvalue weighted by atomic mass is 10.3. The maximum atomic E-state index is 10.8. The minimum atomic E-state index is -5.19. The van der Waals surface area contributed by atoms with Gasteiger partial charge in [-0.1, -0.05) is 23.7 Å². The number of halogens is 1. The van der Waals surface area contributed by atoms with Crippen LogP contribution in [0.3, 0.4) is 0 Å². The van der Waals surface area contributed by atoms with Crippen molar-refractivity contribution in [1.82, 2.24) is 0 Å². The summed E-state index contributed by atoms with van der Waals surface area (Å²) in [6, 6.07) is 4.90. The Morgan fingerprint density at radius 3 is 1.81 bits per heavy atom. The Hall–Kier alpha value is -0.870. The Labute approximate surface area is 97.0 Å². The third kappa shape index (κ3) is 2.83. The third-order valence-electron chi connectivity index (χ3n) is 1.47. The largest absolute Gasteiger partial charge is 0.375 e. The van der Waals surface area contributed by atoms with Gasteiger partial charge in [-0.25, -0.2) is 0 Å². The molecule has 0 amide bonds. The summed E-state index contributed by atoms with van der Waals surface area (Å²) in [7, 11) is -10.4. The zero-order valence-corrected chi connectivity index (χ0v) is 9.87. The molecule has 1 aromatic carbocycles. The van der Waals surface area contributed by atoms with E-state index in [9.17, 15) is 16.8 Å². The van der Waals surface area contributed by atoms with Gasteiger partial charge in [0.05, 0.1) is 10.7 Å². The van der Waals surface area contributed by atoms with E-state index >= 15 is 0 Å². The number of para-hydroxylation sites is 1. The molecule has 0 aliphatic rings. The van der Waals surface area contributed by atoms with E-state index in [0.29, 0.717) is 0 Å². The van der Waals surface area contributed by atoms with Crippen LogP contribution in [-0.2, 0) is 20.6 Å². The van der Waals surface area contributed by atoms with Gasteiger partial charge in [-0.3, -0.25) is 9.11 Å². The number of hydrogen-bond donors (Lipinski definition) is 2. The van der Waals surface area contributed by atoms with Crippen LogP contribution in [0.25, 0.3) is 0 Å². The molecule has 0 bridgehead atoms. The van der Waals surface area contributed by atoms with E-state index in [2.05, 4.69) is 0 Å². The predicted octanol–water partition coefficient (Wildman–Crippen LogP) is 0.752. The molecule has 90 valence electrons. The van der Waals surface area contributed by atoms with Crippen LogP contribution in [0.4, 0.5) is 5.69 Å². The Bertz CT molecular complexity index is 563. The highest BCUT2D eigenvalue weighted by Crippen LogP contribution is 2.28. The zero-order chi connectivity index (χ0) is 12.6. The molecule has 10 heteroatoms. The fourth-order valence-electron chi connectivity index (χ4n) is 0.967. The van der Waals surface area contributed by atoms with Gasteiger partial charge in [-0.15, -0.1) is 3.71 Å². The van der Waals surface area contributed by atoms with Gasteiger partial charge in [0.15, 0.2) is 0 Å².